The van der Waals surface area contributed by atoms with Gasteiger partial charge in [0.2, 0.25) is 5.43 Å². The van der Waals surface area contributed by atoms with Crippen molar-refractivity contribution in [2.75, 3.05) is 7.11 Å². The number of benzene rings is 3. The van der Waals surface area contributed by atoms with Gasteiger partial charge in [-0.1, -0.05) is 18.2 Å². The standard InChI is InChI=1S/C18H12O3/c1-20-12-7-8-13-11(10-12)6-9-16-17(13)18(19)14-4-2-3-5-15(14)21-16/h2-10H,1H3. The Hall–Kier alpha value is -2.81. The Morgan fingerprint density at radius 3 is 2.62 bits per heavy atom. The van der Waals surface area contributed by atoms with Crippen LogP contribution in [-0.2, 0) is 0 Å². The molecule has 0 atom stereocenters. The molecule has 0 N–H and O–H groups in total. The highest BCUT2D eigenvalue weighted by Crippen LogP contribution is 2.28. The van der Waals surface area contributed by atoms with Gasteiger partial charge >= 0.3 is 0 Å². The number of hydrogen-bond acceptors (Lipinski definition) is 3. The largest absolute Gasteiger partial charge is 0.497 e. The number of ether oxygens (including phenoxy) is 1. The zero-order valence-corrected chi connectivity index (χ0v) is 11.4. The van der Waals surface area contributed by atoms with E-state index in [0.717, 1.165) is 16.5 Å². The Bertz CT molecular complexity index is 1040. The maximum absolute atomic E-state index is 12.8. The normalized spacial score (nSPS) is 11.3. The van der Waals surface area contributed by atoms with E-state index in [1.165, 1.54) is 0 Å². The summed E-state index contributed by atoms with van der Waals surface area (Å²) >= 11 is 0. The molecular formula is C18H12O3. The zero-order valence-electron chi connectivity index (χ0n) is 11.4. The molecule has 3 aromatic carbocycles. The van der Waals surface area contributed by atoms with E-state index in [0.29, 0.717) is 21.9 Å². The lowest BCUT2D eigenvalue weighted by molar-refractivity contribution is 0.415. The first kappa shape index (κ1) is 12.0. The van der Waals surface area contributed by atoms with Crippen LogP contribution >= 0.6 is 0 Å². The van der Waals surface area contributed by atoms with Gasteiger partial charge in [0.05, 0.1) is 17.9 Å². The van der Waals surface area contributed by atoms with E-state index in [1.54, 1.807) is 13.2 Å². The van der Waals surface area contributed by atoms with E-state index in [-0.39, 0.29) is 5.43 Å². The Labute approximate surface area is 120 Å². The average Bonchev–Trinajstić information content (AvgIpc) is 2.54. The fourth-order valence-corrected chi connectivity index (χ4v) is 2.73. The van der Waals surface area contributed by atoms with Crippen LogP contribution in [0.4, 0.5) is 0 Å². The van der Waals surface area contributed by atoms with E-state index in [1.807, 2.05) is 48.5 Å². The predicted molar refractivity (Wildman–Crippen MR) is 84.0 cm³/mol. The topological polar surface area (TPSA) is 39.4 Å². The van der Waals surface area contributed by atoms with Gasteiger partial charge in [-0.05, 0) is 47.2 Å². The molecule has 0 unspecified atom stereocenters. The smallest absolute Gasteiger partial charge is 0.201 e. The lowest BCUT2D eigenvalue weighted by atomic mass is 10.0. The molecule has 0 saturated carbocycles. The second kappa shape index (κ2) is 4.35. The first-order valence-corrected chi connectivity index (χ1v) is 6.70. The molecule has 0 bridgehead atoms. The van der Waals surface area contributed by atoms with Gasteiger partial charge in [-0.15, -0.1) is 0 Å². The van der Waals surface area contributed by atoms with E-state index < -0.39 is 0 Å². The SMILES string of the molecule is COc1ccc2c(ccc3oc4ccccc4c(=O)c32)c1. The fourth-order valence-electron chi connectivity index (χ4n) is 2.73. The molecule has 1 heterocycles. The number of rotatable bonds is 1. The Morgan fingerprint density at radius 2 is 1.76 bits per heavy atom. The van der Waals surface area contributed by atoms with Crippen molar-refractivity contribution in [1.82, 2.24) is 0 Å². The van der Waals surface area contributed by atoms with Crippen LogP contribution in [0.1, 0.15) is 0 Å². The fraction of sp³-hybridized carbons (Fsp3) is 0.0556. The monoisotopic (exact) mass is 276 g/mol. The first-order chi connectivity index (χ1) is 10.3. The molecule has 3 heteroatoms. The number of fused-ring (bicyclic) bond motifs is 4. The summed E-state index contributed by atoms with van der Waals surface area (Å²) in [5.74, 6) is 0.770. The quantitative estimate of drug-likeness (QED) is 0.388. The second-order valence-corrected chi connectivity index (χ2v) is 4.95. The van der Waals surface area contributed by atoms with Gasteiger partial charge in [0.1, 0.15) is 16.9 Å². The lowest BCUT2D eigenvalue weighted by Crippen LogP contribution is -2.02. The molecule has 0 fully saturated rings. The lowest BCUT2D eigenvalue weighted by Gasteiger charge is -2.06. The minimum atomic E-state index is 0.00242. The molecule has 0 aliphatic carbocycles. The highest BCUT2D eigenvalue weighted by molar-refractivity contribution is 6.08. The van der Waals surface area contributed by atoms with Crippen molar-refractivity contribution < 1.29 is 9.15 Å². The summed E-state index contributed by atoms with van der Waals surface area (Å²) in [6.07, 6.45) is 0. The number of para-hydroxylation sites is 1. The molecule has 4 rings (SSSR count). The maximum atomic E-state index is 12.8. The Morgan fingerprint density at radius 1 is 0.905 bits per heavy atom. The van der Waals surface area contributed by atoms with Crippen molar-refractivity contribution in [3.63, 3.8) is 0 Å². The van der Waals surface area contributed by atoms with Crippen molar-refractivity contribution in [3.05, 3.63) is 64.8 Å². The second-order valence-electron chi connectivity index (χ2n) is 4.95. The van der Waals surface area contributed by atoms with Gasteiger partial charge in [-0.3, -0.25) is 4.79 Å². The summed E-state index contributed by atoms with van der Waals surface area (Å²) in [5, 5.41) is 3.07. The summed E-state index contributed by atoms with van der Waals surface area (Å²) in [4.78, 5) is 12.8. The van der Waals surface area contributed by atoms with Gasteiger partial charge in [0, 0.05) is 0 Å². The minimum absolute atomic E-state index is 0.00242. The van der Waals surface area contributed by atoms with Gasteiger partial charge in [0.25, 0.3) is 0 Å². The van der Waals surface area contributed by atoms with Crippen molar-refractivity contribution in [1.29, 1.82) is 0 Å². The van der Waals surface area contributed by atoms with E-state index in [4.69, 9.17) is 9.15 Å². The molecule has 0 aliphatic heterocycles. The molecule has 4 aromatic rings. The molecule has 102 valence electrons. The van der Waals surface area contributed by atoms with Gasteiger partial charge in [-0.25, -0.2) is 0 Å². The van der Waals surface area contributed by atoms with Crippen LogP contribution in [0, 0.1) is 0 Å². The molecule has 21 heavy (non-hydrogen) atoms. The van der Waals surface area contributed by atoms with Gasteiger partial charge in [-0.2, -0.15) is 0 Å². The minimum Gasteiger partial charge on any atom is -0.497 e. The van der Waals surface area contributed by atoms with Crippen LogP contribution in [0.3, 0.4) is 0 Å². The maximum Gasteiger partial charge on any atom is 0.201 e. The third-order valence-corrected chi connectivity index (χ3v) is 3.77. The van der Waals surface area contributed by atoms with Crippen LogP contribution in [0.25, 0.3) is 32.7 Å². The summed E-state index contributed by atoms with van der Waals surface area (Å²) in [7, 11) is 1.63. The first-order valence-electron chi connectivity index (χ1n) is 6.70. The van der Waals surface area contributed by atoms with Crippen molar-refractivity contribution in [3.8, 4) is 5.75 Å². The molecular weight excluding hydrogens is 264 g/mol. The van der Waals surface area contributed by atoms with Crippen molar-refractivity contribution >= 4 is 32.7 Å². The third-order valence-electron chi connectivity index (χ3n) is 3.77. The van der Waals surface area contributed by atoms with E-state index >= 15 is 0 Å². The molecule has 0 spiro atoms. The Balaban J connectivity index is 2.24. The molecule has 0 amide bonds. The Kier molecular flexibility index (Phi) is 2.48. The van der Waals surface area contributed by atoms with Gasteiger partial charge < -0.3 is 9.15 Å². The van der Waals surface area contributed by atoms with Gasteiger partial charge in [0.15, 0.2) is 0 Å². The third kappa shape index (κ3) is 1.71. The van der Waals surface area contributed by atoms with Crippen LogP contribution in [0.5, 0.6) is 5.75 Å². The highest BCUT2D eigenvalue weighted by atomic mass is 16.5. The van der Waals surface area contributed by atoms with E-state index in [2.05, 4.69) is 0 Å². The summed E-state index contributed by atoms with van der Waals surface area (Å²) in [5.41, 5.74) is 1.22. The molecule has 1 aromatic heterocycles. The molecule has 0 saturated heterocycles. The molecule has 3 nitrogen and oxygen atoms in total. The average molecular weight is 276 g/mol. The van der Waals surface area contributed by atoms with Crippen LogP contribution in [-0.4, -0.2) is 7.11 Å². The van der Waals surface area contributed by atoms with Crippen molar-refractivity contribution in [2.24, 2.45) is 0 Å². The summed E-state index contributed by atoms with van der Waals surface area (Å²) < 4.78 is 11.1. The predicted octanol–water partition coefficient (Wildman–Crippen LogP) is 4.11. The summed E-state index contributed by atoms with van der Waals surface area (Å²) in [6.45, 7) is 0. The number of methoxy groups -OCH3 is 1. The van der Waals surface area contributed by atoms with Crippen LogP contribution in [0.2, 0.25) is 0 Å². The highest BCUT2D eigenvalue weighted by Gasteiger charge is 2.10. The molecule has 0 radical (unpaired) electrons. The molecule has 0 aliphatic rings. The van der Waals surface area contributed by atoms with E-state index in [9.17, 15) is 4.79 Å². The summed E-state index contributed by atoms with van der Waals surface area (Å²) in [6, 6.07) is 16.8. The zero-order chi connectivity index (χ0) is 14.4. The van der Waals surface area contributed by atoms with Crippen LogP contribution < -0.4 is 10.2 Å². The van der Waals surface area contributed by atoms with Crippen molar-refractivity contribution in [2.45, 2.75) is 0 Å². The van der Waals surface area contributed by atoms with Crippen LogP contribution in [0.15, 0.2) is 63.8 Å². The number of hydrogen-bond donors (Lipinski definition) is 0.